The number of amides is 1. The van der Waals surface area contributed by atoms with E-state index >= 15 is 0 Å². The third-order valence-corrected chi connectivity index (χ3v) is 5.59. The van der Waals surface area contributed by atoms with Crippen molar-refractivity contribution in [2.45, 2.75) is 56.7 Å². The molecule has 26 heavy (non-hydrogen) atoms. The van der Waals surface area contributed by atoms with Gasteiger partial charge < -0.3 is 24.8 Å². The Kier molecular flexibility index (Phi) is 6.04. The maximum Gasteiger partial charge on any atom is 0.256 e. The number of nitrogens with zero attached hydrogens (tertiary/aromatic N) is 1. The Morgan fingerprint density at radius 2 is 2.00 bits per heavy atom. The smallest absolute Gasteiger partial charge is 0.256 e. The van der Waals surface area contributed by atoms with Crippen LogP contribution in [0.25, 0.3) is 0 Å². The van der Waals surface area contributed by atoms with Gasteiger partial charge in [-0.2, -0.15) is 0 Å². The molecule has 1 aromatic carbocycles. The standard InChI is InChI=1S/C20H30N2O4/c1-25-17-10-5-7-15(18(17)26-2)13-22-12-6-11-20(24,19(22)23)14-21-16-8-3-4-9-16/h5,7,10,16,21,24H,3-4,6,8-9,11-14H2,1-2H3/t20-/m0/s1. The van der Waals surface area contributed by atoms with Crippen molar-refractivity contribution in [3.8, 4) is 11.5 Å². The van der Waals surface area contributed by atoms with Crippen molar-refractivity contribution in [3.05, 3.63) is 23.8 Å². The molecule has 2 fully saturated rings. The van der Waals surface area contributed by atoms with Crippen LogP contribution in [0.4, 0.5) is 0 Å². The van der Waals surface area contributed by atoms with Gasteiger partial charge in [0.25, 0.3) is 5.91 Å². The number of ether oxygens (including phenoxy) is 2. The van der Waals surface area contributed by atoms with Gasteiger partial charge >= 0.3 is 0 Å². The fraction of sp³-hybridized carbons (Fsp3) is 0.650. The number of hydrogen-bond donors (Lipinski definition) is 2. The molecule has 1 saturated carbocycles. The summed E-state index contributed by atoms with van der Waals surface area (Å²) in [7, 11) is 3.20. The first kappa shape index (κ1) is 19.0. The number of hydrogen-bond acceptors (Lipinski definition) is 5. The van der Waals surface area contributed by atoms with Gasteiger partial charge in [-0.25, -0.2) is 0 Å². The van der Waals surface area contributed by atoms with Crippen LogP contribution in [0.2, 0.25) is 0 Å². The second-order valence-corrected chi connectivity index (χ2v) is 7.38. The molecule has 3 rings (SSSR count). The highest BCUT2D eigenvalue weighted by Crippen LogP contribution is 2.33. The molecular formula is C20H30N2O4. The molecule has 0 bridgehead atoms. The van der Waals surface area contributed by atoms with Crippen LogP contribution >= 0.6 is 0 Å². The lowest BCUT2D eigenvalue weighted by Crippen LogP contribution is -2.58. The van der Waals surface area contributed by atoms with E-state index in [0.29, 0.717) is 43.6 Å². The number of carbonyl (C=O) groups excluding carboxylic acids is 1. The van der Waals surface area contributed by atoms with E-state index in [1.165, 1.54) is 12.8 Å². The topological polar surface area (TPSA) is 71.0 Å². The van der Waals surface area contributed by atoms with Gasteiger partial charge in [-0.3, -0.25) is 4.79 Å². The number of nitrogens with one attached hydrogen (secondary N) is 1. The van der Waals surface area contributed by atoms with E-state index < -0.39 is 5.60 Å². The van der Waals surface area contributed by atoms with Gasteiger partial charge in [-0.1, -0.05) is 25.0 Å². The van der Waals surface area contributed by atoms with E-state index in [2.05, 4.69) is 5.32 Å². The van der Waals surface area contributed by atoms with Gasteiger partial charge in [-0.15, -0.1) is 0 Å². The van der Waals surface area contributed by atoms with E-state index in [-0.39, 0.29) is 5.91 Å². The van der Waals surface area contributed by atoms with Crippen molar-refractivity contribution in [2.24, 2.45) is 0 Å². The summed E-state index contributed by atoms with van der Waals surface area (Å²) in [5.74, 6) is 1.09. The predicted octanol–water partition coefficient (Wildman–Crippen LogP) is 2.09. The SMILES string of the molecule is COc1cccc(CN2CCC[C@](O)(CNC3CCCC3)C2=O)c1OC. The largest absolute Gasteiger partial charge is 0.493 e. The van der Waals surface area contributed by atoms with Crippen LogP contribution in [-0.2, 0) is 11.3 Å². The van der Waals surface area contributed by atoms with Crippen LogP contribution in [0.3, 0.4) is 0 Å². The number of aliphatic hydroxyl groups is 1. The summed E-state index contributed by atoms with van der Waals surface area (Å²) >= 11 is 0. The molecule has 1 aliphatic heterocycles. The molecule has 1 aliphatic carbocycles. The Labute approximate surface area is 155 Å². The molecule has 1 heterocycles. The van der Waals surface area contributed by atoms with E-state index in [1.54, 1.807) is 19.1 Å². The fourth-order valence-corrected chi connectivity index (χ4v) is 4.11. The number of rotatable bonds is 7. The molecule has 1 amide bonds. The van der Waals surface area contributed by atoms with Crippen molar-refractivity contribution in [3.63, 3.8) is 0 Å². The molecule has 0 radical (unpaired) electrons. The average Bonchev–Trinajstić information content (AvgIpc) is 3.17. The molecule has 1 aromatic rings. The highest BCUT2D eigenvalue weighted by Gasteiger charge is 2.42. The lowest BCUT2D eigenvalue weighted by atomic mass is 9.91. The van der Waals surface area contributed by atoms with Gasteiger partial charge in [0, 0.05) is 31.2 Å². The first-order valence-electron chi connectivity index (χ1n) is 9.52. The normalized spacial score (nSPS) is 24.1. The number of carbonyl (C=O) groups is 1. The summed E-state index contributed by atoms with van der Waals surface area (Å²) in [5, 5.41) is 14.4. The van der Waals surface area contributed by atoms with Crippen molar-refractivity contribution >= 4 is 5.91 Å². The van der Waals surface area contributed by atoms with Gasteiger partial charge in [0.2, 0.25) is 0 Å². The monoisotopic (exact) mass is 362 g/mol. The number of benzene rings is 1. The lowest BCUT2D eigenvalue weighted by molar-refractivity contribution is -0.157. The Hall–Kier alpha value is -1.79. The van der Waals surface area contributed by atoms with Gasteiger partial charge in [0.15, 0.2) is 17.1 Å². The third-order valence-electron chi connectivity index (χ3n) is 5.59. The fourth-order valence-electron chi connectivity index (χ4n) is 4.11. The maximum absolute atomic E-state index is 13.0. The molecule has 1 atom stereocenters. The first-order valence-corrected chi connectivity index (χ1v) is 9.52. The average molecular weight is 362 g/mol. The third kappa shape index (κ3) is 3.96. The molecule has 144 valence electrons. The van der Waals surface area contributed by atoms with E-state index in [9.17, 15) is 9.90 Å². The lowest BCUT2D eigenvalue weighted by Gasteiger charge is -2.39. The van der Waals surface area contributed by atoms with E-state index in [0.717, 1.165) is 24.8 Å². The van der Waals surface area contributed by atoms with Crippen molar-refractivity contribution in [1.82, 2.24) is 10.2 Å². The molecule has 6 heteroatoms. The predicted molar refractivity (Wildman–Crippen MR) is 99.4 cm³/mol. The molecule has 0 spiro atoms. The van der Waals surface area contributed by atoms with Gasteiger partial charge in [0.1, 0.15) is 0 Å². The quantitative estimate of drug-likeness (QED) is 0.777. The molecule has 6 nitrogen and oxygen atoms in total. The van der Waals surface area contributed by atoms with Crippen LogP contribution in [0.1, 0.15) is 44.1 Å². The second kappa shape index (κ2) is 8.27. The number of methoxy groups -OCH3 is 2. The zero-order chi connectivity index (χ0) is 18.6. The Morgan fingerprint density at radius 3 is 2.69 bits per heavy atom. The summed E-state index contributed by atoms with van der Waals surface area (Å²) < 4.78 is 10.8. The highest BCUT2D eigenvalue weighted by atomic mass is 16.5. The van der Waals surface area contributed by atoms with Crippen LogP contribution in [0.5, 0.6) is 11.5 Å². The Bertz CT molecular complexity index is 630. The highest BCUT2D eigenvalue weighted by molar-refractivity contribution is 5.86. The maximum atomic E-state index is 13.0. The molecule has 0 aromatic heterocycles. The van der Waals surface area contributed by atoms with Crippen LogP contribution in [0, 0.1) is 0 Å². The second-order valence-electron chi connectivity index (χ2n) is 7.38. The summed E-state index contributed by atoms with van der Waals surface area (Å²) in [6.45, 7) is 1.39. The summed E-state index contributed by atoms with van der Waals surface area (Å²) in [6, 6.07) is 6.08. The molecule has 0 unspecified atom stereocenters. The molecule has 2 aliphatic rings. The zero-order valence-corrected chi connectivity index (χ0v) is 15.8. The minimum Gasteiger partial charge on any atom is -0.493 e. The Balaban J connectivity index is 1.69. The van der Waals surface area contributed by atoms with E-state index in [1.807, 2.05) is 18.2 Å². The summed E-state index contributed by atoms with van der Waals surface area (Å²) in [4.78, 5) is 14.7. The van der Waals surface area contributed by atoms with E-state index in [4.69, 9.17) is 9.47 Å². The van der Waals surface area contributed by atoms with Crippen molar-refractivity contribution in [2.75, 3.05) is 27.3 Å². The Morgan fingerprint density at radius 1 is 1.23 bits per heavy atom. The molecule has 1 saturated heterocycles. The molecular weight excluding hydrogens is 332 g/mol. The van der Waals surface area contributed by atoms with Gasteiger partial charge in [0.05, 0.1) is 14.2 Å². The zero-order valence-electron chi connectivity index (χ0n) is 15.8. The minimum atomic E-state index is -1.31. The van der Waals surface area contributed by atoms with Crippen molar-refractivity contribution < 1.29 is 19.4 Å². The first-order chi connectivity index (χ1) is 12.6. The number of likely N-dealkylation sites (tertiary alicyclic amines) is 1. The number of para-hydroxylation sites is 1. The van der Waals surface area contributed by atoms with Crippen LogP contribution in [0.15, 0.2) is 18.2 Å². The van der Waals surface area contributed by atoms with Crippen LogP contribution < -0.4 is 14.8 Å². The minimum absolute atomic E-state index is 0.195. The van der Waals surface area contributed by atoms with Crippen molar-refractivity contribution in [1.29, 1.82) is 0 Å². The summed E-state index contributed by atoms with van der Waals surface area (Å²) in [6.07, 6.45) is 6.03. The molecule has 2 N–H and O–H groups in total. The van der Waals surface area contributed by atoms with Crippen LogP contribution in [-0.4, -0.2) is 54.9 Å². The summed E-state index contributed by atoms with van der Waals surface area (Å²) in [5.41, 5.74) is -0.430. The number of piperidine rings is 1. The van der Waals surface area contributed by atoms with Gasteiger partial charge in [-0.05, 0) is 31.7 Å².